The summed E-state index contributed by atoms with van der Waals surface area (Å²) in [6, 6.07) is 11.1. The number of piperidine rings is 2. The van der Waals surface area contributed by atoms with Gasteiger partial charge in [-0.1, -0.05) is 24.0 Å². The fraction of sp³-hybridized carbons (Fsp3) is 0.407. The molecule has 7 nitrogen and oxygen atoms in total. The number of pyridine rings is 1. The number of aromatic nitrogens is 1. The maximum absolute atomic E-state index is 13.0. The highest BCUT2D eigenvalue weighted by Gasteiger charge is 2.39. The van der Waals surface area contributed by atoms with Crippen LogP contribution in [0.3, 0.4) is 0 Å². The van der Waals surface area contributed by atoms with Gasteiger partial charge in [0.1, 0.15) is 6.04 Å². The number of imide groups is 1. The third-order valence-corrected chi connectivity index (χ3v) is 6.91. The molecular weight excluding hydrogens is 428 g/mol. The molecule has 0 radical (unpaired) electrons. The second-order valence-electron chi connectivity index (χ2n) is 9.32. The number of likely N-dealkylation sites (tertiary alicyclic amines) is 1. The van der Waals surface area contributed by atoms with Crippen LogP contribution in [0.4, 0.5) is 0 Å². The summed E-state index contributed by atoms with van der Waals surface area (Å²) >= 11 is 0. The molecular formula is C27H28N4O3. The first-order valence-electron chi connectivity index (χ1n) is 11.9. The first-order chi connectivity index (χ1) is 16.5. The molecule has 0 aliphatic carbocycles. The molecule has 0 bridgehead atoms. The van der Waals surface area contributed by atoms with Crippen molar-refractivity contribution in [2.24, 2.45) is 5.92 Å². The molecule has 3 aliphatic rings. The Labute approximate surface area is 199 Å². The standard InChI is InChI=1S/C27H28N4O3/c1-18-4-2-6-21(28-18)16-30-14-12-19(13-15-30)8-9-20-5-3-7-22-23(20)17-31(27(22)34)24-10-11-25(32)29-26(24)33/h2-7,19,24H,10-17H2,1H3,(H,29,32,33). The topological polar surface area (TPSA) is 82.6 Å². The molecule has 34 heavy (non-hydrogen) atoms. The number of hydrogen-bond acceptors (Lipinski definition) is 5. The molecule has 7 heteroatoms. The van der Waals surface area contributed by atoms with Gasteiger partial charge in [-0.15, -0.1) is 0 Å². The Bertz CT molecular complexity index is 1200. The van der Waals surface area contributed by atoms with E-state index in [0.29, 0.717) is 24.4 Å². The van der Waals surface area contributed by atoms with E-state index in [9.17, 15) is 14.4 Å². The average molecular weight is 457 g/mol. The van der Waals surface area contributed by atoms with Gasteiger partial charge in [0.2, 0.25) is 11.8 Å². The van der Waals surface area contributed by atoms with E-state index in [1.807, 2.05) is 25.1 Å². The first kappa shape index (κ1) is 22.3. The number of fused-ring (bicyclic) bond motifs is 1. The highest BCUT2D eigenvalue weighted by molar-refractivity contribution is 6.05. The highest BCUT2D eigenvalue weighted by atomic mass is 16.2. The molecule has 1 aromatic carbocycles. The minimum atomic E-state index is -0.606. The summed E-state index contributed by atoms with van der Waals surface area (Å²) in [6.45, 7) is 5.22. The third-order valence-electron chi connectivity index (χ3n) is 6.91. The molecule has 2 aromatic rings. The lowest BCUT2D eigenvalue weighted by atomic mass is 9.96. The van der Waals surface area contributed by atoms with Gasteiger partial charge < -0.3 is 4.90 Å². The van der Waals surface area contributed by atoms with Gasteiger partial charge in [-0.3, -0.25) is 29.6 Å². The van der Waals surface area contributed by atoms with Gasteiger partial charge in [0.25, 0.3) is 5.91 Å². The Morgan fingerprint density at radius 1 is 1.06 bits per heavy atom. The fourth-order valence-electron chi connectivity index (χ4n) is 5.03. The number of nitrogens with one attached hydrogen (secondary N) is 1. The summed E-state index contributed by atoms with van der Waals surface area (Å²) in [5.74, 6) is 6.26. The van der Waals surface area contributed by atoms with E-state index < -0.39 is 11.9 Å². The second-order valence-corrected chi connectivity index (χ2v) is 9.32. The zero-order valence-electron chi connectivity index (χ0n) is 19.3. The van der Waals surface area contributed by atoms with E-state index in [1.54, 1.807) is 11.0 Å². The zero-order chi connectivity index (χ0) is 23.7. The van der Waals surface area contributed by atoms with Crippen LogP contribution in [0.1, 0.15) is 58.6 Å². The molecule has 2 fully saturated rings. The molecule has 5 rings (SSSR count). The smallest absolute Gasteiger partial charge is 0.255 e. The van der Waals surface area contributed by atoms with Crippen molar-refractivity contribution in [3.05, 3.63) is 64.5 Å². The molecule has 1 unspecified atom stereocenters. The van der Waals surface area contributed by atoms with Crippen LogP contribution >= 0.6 is 0 Å². The van der Waals surface area contributed by atoms with Gasteiger partial charge in [0, 0.05) is 42.2 Å². The Balaban J connectivity index is 1.23. The summed E-state index contributed by atoms with van der Waals surface area (Å²) in [5.41, 5.74) is 4.49. The van der Waals surface area contributed by atoms with Crippen LogP contribution in [0.15, 0.2) is 36.4 Å². The number of amides is 3. The number of carbonyl (C=O) groups excluding carboxylic acids is 3. The van der Waals surface area contributed by atoms with Crippen molar-refractivity contribution in [3.63, 3.8) is 0 Å². The van der Waals surface area contributed by atoms with Gasteiger partial charge >= 0.3 is 0 Å². The Morgan fingerprint density at radius 2 is 1.85 bits per heavy atom. The van der Waals surface area contributed by atoms with E-state index in [1.165, 1.54) is 0 Å². The molecule has 174 valence electrons. The molecule has 0 saturated carbocycles. The summed E-state index contributed by atoms with van der Waals surface area (Å²) in [5, 5.41) is 2.35. The zero-order valence-corrected chi connectivity index (χ0v) is 19.3. The van der Waals surface area contributed by atoms with Crippen LogP contribution in [0.25, 0.3) is 0 Å². The molecule has 1 atom stereocenters. The number of carbonyl (C=O) groups is 3. The van der Waals surface area contributed by atoms with Crippen LogP contribution in [0.5, 0.6) is 0 Å². The fourth-order valence-corrected chi connectivity index (χ4v) is 5.03. The van der Waals surface area contributed by atoms with Gasteiger partial charge in [-0.05, 0) is 69.1 Å². The molecule has 3 amide bonds. The number of aryl methyl sites for hydroxylation is 1. The SMILES string of the molecule is Cc1cccc(CN2CCC(C#Cc3cccc4c3CN(C3CCC(=O)NC3=O)C4=O)CC2)n1. The average Bonchev–Trinajstić information content (AvgIpc) is 3.15. The van der Waals surface area contributed by atoms with Crippen molar-refractivity contribution >= 4 is 17.7 Å². The lowest BCUT2D eigenvalue weighted by Gasteiger charge is -2.29. The van der Waals surface area contributed by atoms with E-state index in [0.717, 1.165) is 55.0 Å². The molecule has 4 heterocycles. The van der Waals surface area contributed by atoms with Crippen LogP contribution in [-0.2, 0) is 22.7 Å². The van der Waals surface area contributed by atoms with E-state index in [4.69, 9.17) is 0 Å². The summed E-state index contributed by atoms with van der Waals surface area (Å²) in [6.07, 6.45) is 2.63. The monoisotopic (exact) mass is 456 g/mol. The van der Waals surface area contributed by atoms with Gasteiger partial charge in [-0.25, -0.2) is 0 Å². The highest BCUT2D eigenvalue weighted by Crippen LogP contribution is 2.29. The van der Waals surface area contributed by atoms with Crippen LogP contribution in [0.2, 0.25) is 0 Å². The second kappa shape index (κ2) is 9.40. The van der Waals surface area contributed by atoms with Crippen molar-refractivity contribution in [2.45, 2.75) is 51.7 Å². The minimum Gasteiger partial charge on any atom is -0.322 e. The largest absolute Gasteiger partial charge is 0.322 e. The van der Waals surface area contributed by atoms with Gasteiger partial charge in [-0.2, -0.15) is 0 Å². The normalized spacial score (nSPS) is 21.1. The van der Waals surface area contributed by atoms with Crippen LogP contribution in [-0.4, -0.2) is 51.6 Å². The third kappa shape index (κ3) is 4.59. The lowest BCUT2D eigenvalue weighted by molar-refractivity contribution is -0.136. The van der Waals surface area contributed by atoms with Crippen molar-refractivity contribution in [1.82, 2.24) is 20.1 Å². The van der Waals surface area contributed by atoms with Crippen LogP contribution in [0, 0.1) is 24.7 Å². The quantitative estimate of drug-likeness (QED) is 0.567. The van der Waals surface area contributed by atoms with Gasteiger partial charge in [0.05, 0.1) is 5.69 Å². The lowest BCUT2D eigenvalue weighted by Crippen LogP contribution is -2.52. The predicted molar refractivity (Wildman–Crippen MR) is 126 cm³/mol. The number of nitrogens with zero attached hydrogens (tertiary/aromatic N) is 3. The molecule has 0 spiro atoms. The van der Waals surface area contributed by atoms with Crippen molar-refractivity contribution in [3.8, 4) is 11.8 Å². The van der Waals surface area contributed by atoms with Crippen molar-refractivity contribution in [1.29, 1.82) is 0 Å². The number of benzene rings is 1. The number of rotatable bonds is 3. The summed E-state index contributed by atoms with van der Waals surface area (Å²) in [7, 11) is 0. The maximum atomic E-state index is 13.0. The summed E-state index contributed by atoms with van der Waals surface area (Å²) < 4.78 is 0. The van der Waals surface area contributed by atoms with E-state index in [-0.39, 0.29) is 18.2 Å². The predicted octanol–water partition coefficient (Wildman–Crippen LogP) is 2.41. The Morgan fingerprint density at radius 3 is 2.62 bits per heavy atom. The van der Waals surface area contributed by atoms with Crippen molar-refractivity contribution < 1.29 is 14.4 Å². The Hall–Kier alpha value is -3.50. The van der Waals surface area contributed by atoms with E-state index in [2.05, 4.69) is 39.2 Å². The van der Waals surface area contributed by atoms with Gasteiger partial charge in [0.15, 0.2) is 0 Å². The van der Waals surface area contributed by atoms with E-state index >= 15 is 0 Å². The molecule has 1 aromatic heterocycles. The Kier molecular flexibility index (Phi) is 6.16. The molecule has 1 N–H and O–H groups in total. The van der Waals surface area contributed by atoms with Crippen molar-refractivity contribution in [2.75, 3.05) is 13.1 Å². The van der Waals surface area contributed by atoms with Crippen LogP contribution < -0.4 is 5.32 Å². The maximum Gasteiger partial charge on any atom is 0.255 e. The number of hydrogen-bond donors (Lipinski definition) is 1. The molecule has 2 saturated heterocycles. The minimum absolute atomic E-state index is 0.161. The summed E-state index contributed by atoms with van der Waals surface area (Å²) in [4.78, 5) is 45.4. The molecule has 3 aliphatic heterocycles. The first-order valence-corrected chi connectivity index (χ1v) is 11.9.